The molecule has 5 nitrogen and oxygen atoms in total. The summed E-state index contributed by atoms with van der Waals surface area (Å²) < 4.78 is 39.7. The first-order chi connectivity index (χ1) is 12.3. The molecule has 2 bridgehead atoms. The molecule has 0 aromatic heterocycles. The topological polar surface area (TPSA) is 73.2 Å². The van der Waals surface area contributed by atoms with Crippen molar-refractivity contribution in [2.24, 2.45) is 29.6 Å². The van der Waals surface area contributed by atoms with Gasteiger partial charge in [0.2, 0.25) is 11.8 Å². The molecule has 2 amide bonds. The fraction of sp³-hybridized carbons (Fsp3) is 0.500. The molecule has 2 aliphatic carbocycles. The van der Waals surface area contributed by atoms with E-state index < -0.39 is 41.0 Å². The number of alkyl halides is 3. The number of nitrogens with zero attached hydrogens (tertiary/aromatic N) is 2. The molecule has 3 saturated heterocycles. The maximum absolute atomic E-state index is 13.2. The van der Waals surface area contributed by atoms with Crippen molar-refractivity contribution in [3.63, 3.8) is 0 Å². The van der Waals surface area contributed by atoms with Crippen molar-refractivity contribution in [3.05, 3.63) is 29.3 Å². The average molecular weight is 361 g/mol. The molecule has 3 aliphatic heterocycles. The van der Waals surface area contributed by atoms with Crippen molar-refractivity contribution in [1.29, 1.82) is 5.26 Å². The summed E-state index contributed by atoms with van der Waals surface area (Å²) in [5.41, 5.74) is -1.76. The lowest BCUT2D eigenvalue weighted by atomic mass is 9.67. The van der Waals surface area contributed by atoms with Crippen LogP contribution in [0.25, 0.3) is 0 Å². The van der Waals surface area contributed by atoms with Crippen LogP contribution in [0.1, 0.15) is 17.5 Å². The van der Waals surface area contributed by atoms with E-state index in [4.69, 9.17) is 5.26 Å². The molecule has 3 heterocycles. The first-order valence-electron chi connectivity index (χ1n) is 8.55. The molecule has 1 aromatic carbocycles. The van der Waals surface area contributed by atoms with E-state index in [2.05, 4.69) is 5.32 Å². The lowest BCUT2D eigenvalue weighted by Gasteiger charge is -2.43. The van der Waals surface area contributed by atoms with E-state index in [0.717, 1.165) is 23.5 Å². The van der Waals surface area contributed by atoms with Gasteiger partial charge in [-0.2, -0.15) is 18.4 Å². The number of anilines is 1. The predicted molar refractivity (Wildman–Crippen MR) is 82.5 cm³/mol. The average Bonchev–Trinajstić information content (AvgIpc) is 3.38. The number of hydrogen-bond acceptors (Lipinski definition) is 4. The fourth-order valence-electron chi connectivity index (χ4n) is 5.30. The molecule has 1 N–H and O–H groups in total. The van der Waals surface area contributed by atoms with Crippen LogP contribution in [-0.2, 0) is 15.8 Å². The first kappa shape index (κ1) is 15.8. The van der Waals surface area contributed by atoms with Crippen LogP contribution >= 0.6 is 0 Å². The van der Waals surface area contributed by atoms with E-state index in [0.29, 0.717) is 18.4 Å². The fourth-order valence-corrected chi connectivity index (χ4v) is 5.30. The second-order valence-corrected chi connectivity index (χ2v) is 7.56. The molecule has 0 unspecified atom stereocenters. The summed E-state index contributed by atoms with van der Waals surface area (Å²) in [4.78, 5) is 26.8. The lowest BCUT2D eigenvalue weighted by Crippen LogP contribution is -2.58. The van der Waals surface area contributed by atoms with Crippen LogP contribution in [0.4, 0.5) is 18.9 Å². The number of nitriles is 1. The summed E-state index contributed by atoms with van der Waals surface area (Å²) in [7, 11) is 0. The molecule has 26 heavy (non-hydrogen) atoms. The molecule has 0 spiro atoms. The minimum Gasteiger partial charge on any atom is -0.313 e. The Hall–Kier alpha value is -2.40. The number of nitrogens with one attached hydrogen (secondary N) is 1. The number of carbonyl (C=O) groups is 2. The van der Waals surface area contributed by atoms with Crippen LogP contribution in [0.3, 0.4) is 0 Å². The van der Waals surface area contributed by atoms with Gasteiger partial charge in [-0.15, -0.1) is 0 Å². The molecule has 5 fully saturated rings. The van der Waals surface area contributed by atoms with Crippen LogP contribution in [0.2, 0.25) is 0 Å². The quantitative estimate of drug-likeness (QED) is 0.776. The summed E-state index contributed by atoms with van der Waals surface area (Å²) in [5, 5.41) is 12.3. The normalized spacial score (nSPS) is 37.4. The van der Waals surface area contributed by atoms with Gasteiger partial charge in [0.25, 0.3) is 0 Å². The van der Waals surface area contributed by atoms with Crippen LogP contribution < -0.4 is 10.2 Å². The zero-order valence-corrected chi connectivity index (χ0v) is 13.5. The number of benzene rings is 1. The SMILES string of the molecule is N#Cc1ccc(N2C(=O)[C@@H]3[C@@H]4NC[C@@H]([C@@H]5C[C@@H]54)[C@@H]3C2=O)cc1C(F)(F)F. The highest BCUT2D eigenvalue weighted by atomic mass is 19.4. The number of imide groups is 1. The zero-order valence-electron chi connectivity index (χ0n) is 13.5. The number of amides is 2. The highest BCUT2D eigenvalue weighted by Crippen LogP contribution is 2.61. The smallest absolute Gasteiger partial charge is 0.313 e. The maximum atomic E-state index is 13.2. The Labute approximate surface area is 146 Å². The molecule has 1 aromatic rings. The summed E-state index contributed by atoms with van der Waals surface area (Å²) in [5.74, 6) is -0.830. The molecule has 2 saturated carbocycles. The highest BCUT2D eigenvalue weighted by Gasteiger charge is 2.68. The minimum absolute atomic E-state index is 0.0584. The number of hydrogen-bond donors (Lipinski definition) is 1. The highest BCUT2D eigenvalue weighted by molar-refractivity contribution is 6.22. The van der Waals surface area contributed by atoms with Gasteiger partial charge in [0, 0.05) is 6.04 Å². The monoisotopic (exact) mass is 361 g/mol. The summed E-state index contributed by atoms with van der Waals surface area (Å²) in [6.07, 6.45) is -3.72. The molecule has 5 aliphatic rings. The van der Waals surface area contributed by atoms with E-state index in [1.807, 2.05) is 0 Å². The largest absolute Gasteiger partial charge is 0.417 e. The van der Waals surface area contributed by atoms with Gasteiger partial charge in [0.15, 0.2) is 0 Å². The number of carbonyl (C=O) groups excluding carboxylic acids is 2. The zero-order chi connectivity index (χ0) is 18.4. The number of piperidine rings is 2. The second-order valence-electron chi connectivity index (χ2n) is 7.56. The van der Waals surface area contributed by atoms with Gasteiger partial charge in [-0.25, -0.2) is 4.90 Å². The van der Waals surface area contributed by atoms with Crippen molar-refractivity contribution in [2.75, 3.05) is 11.4 Å². The molecular weight excluding hydrogens is 347 g/mol. The molecule has 6 atom stereocenters. The van der Waals surface area contributed by atoms with Gasteiger partial charge in [-0.1, -0.05) is 0 Å². The van der Waals surface area contributed by atoms with Crippen molar-refractivity contribution < 1.29 is 22.8 Å². The standard InChI is InChI=1S/C18H14F3N3O2/c19-18(20,21)12-3-8(2-1-7(12)5-22)24-16(25)13-11-6-23-15(10-4-9(10)11)14(13)17(24)26/h1-3,9-11,13-15,23H,4,6H2/t9-,10+,11+,13+,14+,15-/m1/s1. The Morgan fingerprint density at radius 1 is 1.12 bits per heavy atom. The van der Waals surface area contributed by atoms with Gasteiger partial charge in [0.1, 0.15) is 0 Å². The molecule has 0 radical (unpaired) electrons. The third-order valence-corrected chi connectivity index (χ3v) is 6.42. The Morgan fingerprint density at radius 3 is 2.54 bits per heavy atom. The summed E-state index contributed by atoms with van der Waals surface area (Å²) in [6.45, 7) is 0.682. The third kappa shape index (κ3) is 1.89. The van der Waals surface area contributed by atoms with E-state index >= 15 is 0 Å². The van der Waals surface area contributed by atoms with Crippen molar-refractivity contribution in [3.8, 4) is 6.07 Å². The molecule has 134 valence electrons. The number of rotatable bonds is 1. The van der Waals surface area contributed by atoms with E-state index in [1.165, 1.54) is 12.1 Å². The Balaban J connectivity index is 1.57. The van der Waals surface area contributed by atoms with Gasteiger partial charge < -0.3 is 5.32 Å². The van der Waals surface area contributed by atoms with Crippen LogP contribution in [0, 0.1) is 40.9 Å². The van der Waals surface area contributed by atoms with Gasteiger partial charge in [0.05, 0.1) is 34.7 Å². The van der Waals surface area contributed by atoms with Gasteiger partial charge >= 0.3 is 6.18 Å². The molecule has 8 heteroatoms. The van der Waals surface area contributed by atoms with E-state index in [9.17, 15) is 22.8 Å². The van der Waals surface area contributed by atoms with E-state index in [1.54, 1.807) is 0 Å². The van der Waals surface area contributed by atoms with Crippen LogP contribution in [0.5, 0.6) is 0 Å². The Morgan fingerprint density at radius 2 is 1.85 bits per heavy atom. The van der Waals surface area contributed by atoms with E-state index in [-0.39, 0.29) is 17.6 Å². The number of fused-ring (bicyclic) bond motifs is 1. The first-order valence-corrected chi connectivity index (χ1v) is 8.55. The Bertz CT molecular complexity index is 857. The van der Waals surface area contributed by atoms with Crippen molar-refractivity contribution in [2.45, 2.75) is 18.6 Å². The second kappa shape index (κ2) is 4.86. The van der Waals surface area contributed by atoms with Gasteiger partial charge in [-0.05, 0) is 48.9 Å². The molecular formula is C18H14F3N3O2. The van der Waals surface area contributed by atoms with Crippen LogP contribution in [0.15, 0.2) is 18.2 Å². The summed E-state index contributed by atoms with van der Waals surface area (Å²) in [6, 6.07) is 4.45. The van der Waals surface area contributed by atoms with Crippen molar-refractivity contribution >= 4 is 17.5 Å². The summed E-state index contributed by atoms with van der Waals surface area (Å²) >= 11 is 0. The molecule has 6 rings (SSSR count). The predicted octanol–water partition coefficient (Wildman–Crippen LogP) is 1.92. The minimum atomic E-state index is -4.73. The third-order valence-electron chi connectivity index (χ3n) is 6.42. The van der Waals surface area contributed by atoms with Crippen LogP contribution in [-0.4, -0.2) is 24.4 Å². The Kier molecular flexibility index (Phi) is 2.96. The maximum Gasteiger partial charge on any atom is 0.417 e. The van der Waals surface area contributed by atoms with Gasteiger partial charge in [-0.3, -0.25) is 9.59 Å². The number of halogens is 3. The van der Waals surface area contributed by atoms with Crippen molar-refractivity contribution in [1.82, 2.24) is 5.32 Å². The lowest BCUT2D eigenvalue weighted by molar-refractivity contribution is -0.138.